The van der Waals surface area contributed by atoms with Crippen LogP contribution in [0.1, 0.15) is 11.3 Å². The van der Waals surface area contributed by atoms with Gasteiger partial charge in [0.15, 0.2) is 0 Å². The molecular formula is C18H24N6O6S. The largest absolute Gasteiger partial charge is 0.497 e. The van der Waals surface area contributed by atoms with Gasteiger partial charge in [-0.1, -0.05) is 0 Å². The highest BCUT2D eigenvalue weighted by atomic mass is 32.2. The van der Waals surface area contributed by atoms with E-state index < -0.39 is 21.5 Å². The number of anilines is 1. The summed E-state index contributed by atoms with van der Waals surface area (Å²) < 4.78 is 32.7. The molecule has 31 heavy (non-hydrogen) atoms. The molecule has 0 atom stereocenters. The summed E-state index contributed by atoms with van der Waals surface area (Å²) in [6.45, 7) is 1.74. The van der Waals surface area contributed by atoms with Gasteiger partial charge in [0.2, 0.25) is 11.9 Å². The van der Waals surface area contributed by atoms with Crippen LogP contribution in [0.15, 0.2) is 45.2 Å². The van der Waals surface area contributed by atoms with Crippen molar-refractivity contribution < 1.29 is 22.8 Å². The van der Waals surface area contributed by atoms with Gasteiger partial charge in [0, 0.05) is 5.69 Å². The smallest absolute Gasteiger partial charge is 0.272 e. The van der Waals surface area contributed by atoms with Crippen molar-refractivity contribution in [3.63, 3.8) is 0 Å². The van der Waals surface area contributed by atoms with Crippen LogP contribution in [-0.4, -0.2) is 45.5 Å². The van der Waals surface area contributed by atoms with Crippen LogP contribution in [0.25, 0.3) is 0 Å². The molecule has 12 nitrogen and oxygen atoms in total. The lowest BCUT2D eigenvalue weighted by Gasteiger charge is -2.13. The number of aromatic nitrogens is 1. The molecule has 13 heteroatoms. The first kappa shape index (κ1) is 23.5. The molecular weight excluding hydrogens is 428 g/mol. The number of nitrogens with one attached hydrogen (secondary N) is 3. The molecule has 0 saturated carbocycles. The average Bonchev–Trinajstić information content (AvgIpc) is 2.70. The Kier molecular flexibility index (Phi) is 7.85. The SMILES string of the molecule is COc1ccc(S(=O)(=O)Nc2c(CC(=O)NCCON=C(N)N)cc(C)[nH]c2=O)cc1. The molecule has 0 radical (unpaired) electrons. The van der Waals surface area contributed by atoms with Crippen LogP contribution < -0.4 is 31.8 Å². The van der Waals surface area contributed by atoms with Gasteiger partial charge in [-0.15, -0.1) is 0 Å². The monoisotopic (exact) mass is 452 g/mol. The molecule has 7 N–H and O–H groups in total. The van der Waals surface area contributed by atoms with E-state index in [4.69, 9.17) is 21.0 Å². The van der Waals surface area contributed by atoms with Crippen LogP contribution in [0.4, 0.5) is 5.69 Å². The number of methoxy groups -OCH3 is 1. The number of aromatic amines is 1. The van der Waals surface area contributed by atoms with Gasteiger partial charge in [-0.2, -0.15) is 0 Å². The zero-order valence-corrected chi connectivity index (χ0v) is 17.8. The van der Waals surface area contributed by atoms with Crippen molar-refractivity contribution in [2.24, 2.45) is 16.6 Å². The van der Waals surface area contributed by atoms with Crippen LogP contribution in [0, 0.1) is 6.92 Å². The Hall–Kier alpha value is -3.74. The molecule has 0 unspecified atom stereocenters. The van der Waals surface area contributed by atoms with Crippen molar-refractivity contribution in [2.45, 2.75) is 18.2 Å². The summed E-state index contributed by atoms with van der Waals surface area (Å²) in [5, 5.41) is 5.87. The standard InChI is InChI=1S/C18H24N6O6S/c1-11-9-12(10-15(25)21-7-8-30-23-18(19)20)16(17(26)22-11)24-31(27,28)14-5-3-13(29-2)4-6-14/h3-6,9,24H,7-8,10H2,1-2H3,(H,21,25)(H,22,26)(H4,19,20,23). The minimum Gasteiger partial charge on any atom is -0.497 e. The predicted molar refractivity (Wildman–Crippen MR) is 114 cm³/mol. The molecule has 1 amide bonds. The quantitative estimate of drug-likeness (QED) is 0.136. The number of amides is 1. The molecule has 1 aromatic heterocycles. The predicted octanol–water partition coefficient (Wildman–Crippen LogP) is -0.644. The third-order valence-electron chi connectivity index (χ3n) is 3.89. The van der Waals surface area contributed by atoms with Gasteiger partial charge < -0.3 is 31.3 Å². The van der Waals surface area contributed by atoms with Crippen LogP contribution in [-0.2, 0) is 26.1 Å². The van der Waals surface area contributed by atoms with Gasteiger partial charge in [-0.25, -0.2) is 8.42 Å². The van der Waals surface area contributed by atoms with Crippen LogP contribution in [0.3, 0.4) is 0 Å². The number of nitrogens with two attached hydrogens (primary N) is 2. The minimum absolute atomic E-state index is 0.0228. The molecule has 2 rings (SSSR count). The zero-order chi connectivity index (χ0) is 23.0. The number of benzene rings is 1. The fraction of sp³-hybridized carbons (Fsp3) is 0.278. The molecule has 2 aromatic rings. The Labute approximate surface area is 178 Å². The molecule has 0 aliphatic rings. The summed E-state index contributed by atoms with van der Waals surface area (Å²) >= 11 is 0. The third-order valence-corrected chi connectivity index (χ3v) is 5.26. The van der Waals surface area contributed by atoms with Crippen molar-refractivity contribution in [1.82, 2.24) is 10.3 Å². The van der Waals surface area contributed by atoms with E-state index in [2.05, 4.69) is 20.2 Å². The highest BCUT2D eigenvalue weighted by molar-refractivity contribution is 7.92. The number of carbonyl (C=O) groups excluding carboxylic acids is 1. The minimum atomic E-state index is -4.08. The first-order valence-electron chi connectivity index (χ1n) is 8.99. The Bertz CT molecular complexity index is 1110. The molecule has 168 valence electrons. The molecule has 0 aliphatic carbocycles. The summed E-state index contributed by atoms with van der Waals surface area (Å²) in [5.41, 5.74) is 9.98. The van der Waals surface area contributed by atoms with E-state index in [1.54, 1.807) is 6.92 Å². The van der Waals surface area contributed by atoms with Crippen molar-refractivity contribution in [2.75, 3.05) is 25.0 Å². The number of ether oxygens (including phenoxy) is 1. The molecule has 0 saturated heterocycles. The number of H-pyrrole nitrogens is 1. The maximum absolute atomic E-state index is 12.7. The second-order valence-corrected chi connectivity index (χ2v) is 8.02. The highest BCUT2D eigenvalue weighted by Crippen LogP contribution is 2.20. The summed E-state index contributed by atoms with van der Waals surface area (Å²) in [6.07, 6.45) is -0.243. The number of sulfonamides is 1. The van der Waals surface area contributed by atoms with E-state index in [1.165, 1.54) is 37.4 Å². The number of hydrogen-bond acceptors (Lipinski definition) is 7. The van der Waals surface area contributed by atoms with E-state index in [0.29, 0.717) is 11.4 Å². The number of carbonyl (C=O) groups is 1. The molecule has 0 bridgehead atoms. The summed E-state index contributed by atoms with van der Waals surface area (Å²) in [6, 6.07) is 7.15. The third kappa shape index (κ3) is 6.92. The van der Waals surface area contributed by atoms with Crippen molar-refractivity contribution >= 4 is 27.6 Å². The lowest BCUT2D eigenvalue weighted by Crippen LogP contribution is -2.30. The maximum Gasteiger partial charge on any atom is 0.272 e. The molecule has 1 aromatic carbocycles. The van der Waals surface area contributed by atoms with E-state index in [0.717, 1.165) is 0 Å². The number of hydrogen-bond donors (Lipinski definition) is 5. The number of guanidine groups is 1. The van der Waals surface area contributed by atoms with Crippen molar-refractivity contribution in [3.05, 3.63) is 51.9 Å². The van der Waals surface area contributed by atoms with Gasteiger partial charge in [0.05, 0.1) is 25.0 Å². The highest BCUT2D eigenvalue weighted by Gasteiger charge is 2.20. The zero-order valence-electron chi connectivity index (χ0n) is 17.0. The average molecular weight is 452 g/mol. The summed E-state index contributed by atoms with van der Waals surface area (Å²) in [7, 11) is -2.62. The van der Waals surface area contributed by atoms with Gasteiger partial charge >= 0.3 is 0 Å². The molecule has 0 aliphatic heterocycles. The maximum atomic E-state index is 12.7. The number of nitrogens with zero attached hydrogens (tertiary/aromatic N) is 1. The fourth-order valence-electron chi connectivity index (χ4n) is 2.55. The molecule has 0 fully saturated rings. The first-order chi connectivity index (χ1) is 14.6. The van der Waals surface area contributed by atoms with Crippen LogP contribution in [0.5, 0.6) is 5.75 Å². The van der Waals surface area contributed by atoms with Crippen molar-refractivity contribution in [3.8, 4) is 5.75 Å². The Morgan fingerprint density at radius 1 is 1.23 bits per heavy atom. The van der Waals surface area contributed by atoms with Gasteiger partial charge in [0.1, 0.15) is 18.0 Å². The number of pyridine rings is 1. The lowest BCUT2D eigenvalue weighted by atomic mass is 10.1. The Balaban J connectivity index is 2.17. The second kappa shape index (κ2) is 10.3. The van der Waals surface area contributed by atoms with Gasteiger partial charge in [-0.05, 0) is 48.0 Å². The summed E-state index contributed by atoms with van der Waals surface area (Å²) in [5.74, 6) is -0.226. The summed E-state index contributed by atoms with van der Waals surface area (Å²) in [4.78, 5) is 31.9. The van der Waals surface area contributed by atoms with E-state index in [-0.39, 0.29) is 41.7 Å². The van der Waals surface area contributed by atoms with E-state index >= 15 is 0 Å². The Morgan fingerprint density at radius 3 is 2.52 bits per heavy atom. The second-order valence-electron chi connectivity index (χ2n) is 6.34. The number of oxime groups is 1. The first-order valence-corrected chi connectivity index (χ1v) is 10.5. The molecule has 0 spiro atoms. The topological polar surface area (TPSA) is 191 Å². The van der Waals surface area contributed by atoms with Crippen molar-refractivity contribution in [1.29, 1.82) is 0 Å². The Morgan fingerprint density at radius 2 is 1.90 bits per heavy atom. The number of rotatable bonds is 10. The van der Waals surface area contributed by atoms with E-state index in [9.17, 15) is 18.0 Å². The van der Waals surface area contributed by atoms with Crippen LogP contribution >= 0.6 is 0 Å². The molecule has 1 heterocycles. The number of aryl methyl sites for hydroxylation is 1. The normalized spacial score (nSPS) is 10.8. The fourth-order valence-corrected chi connectivity index (χ4v) is 3.65. The van der Waals surface area contributed by atoms with E-state index in [1.807, 2.05) is 0 Å². The van der Waals surface area contributed by atoms with Gasteiger partial charge in [0.25, 0.3) is 15.6 Å². The van der Waals surface area contributed by atoms with Crippen LogP contribution in [0.2, 0.25) is 0 Å². The van der Waals surface area contributed by atoms with Gasteiger partial charge in [-0.3, -0.25) is 14.3 Å². The lowest BCUT2D eigenvalue weighted by molar-refractivity contribution is -0.120.